The third-order valence-electron chi connectivity index (χ3n) is 2.87. The SMILES string of the molecule is CCCCO[C@@H]1C[C@H](O)[C@H]2CON=C12. The molecule has 0 aromatic carbocycles. The summed E-state index contributed by atoms with van der Waals surface area (Å²) in [6.07, 6.45) is 2.52. The minimum absolute atomic E-state index is 0.0101. The summed E-state index contributed by atoms with van der Waals surface area (Å²) < 4.78 is 5.66. The van der Waals surface area contributed by atoms with E-state index in [1.54, 1.807) is 0 Å². The summed E-state index contributed by atoms with van der Waals surface area (Å²) in [4.78, 5) is 4.97. The number of hydrogen-bond acceptors (Lipinski definition) is 4. The first-order chi connectivity index (χ1) is 6.83. The summed E-state index contributed by atoms with van der Waals surface area (Å²) in [5, 5.41) is 13.6. The fraction of sp³-hybridized carbons (Fsp3) is 0.900. The van der Waals surface area contributed by atoms with E-state index in [-0.39, 0.29) is 18.1 Å². The highest BCUT2D eigenvalue weighted by atomic mass is 16.6. The average Bonchev–Trinajstić information content (AvgIpc) is 2.72. The van der Waals surface area contributed by atoms with E-state index in [2.05, 4.69) is 12.1 Å². The third kappa shape index (κ3) is 1.77. The number of ether oxygens (including phenoxy) is 1. The second kappa shape index (κ2) is 4.28. The van der Waals surface area contributed by atoms with Crippen LogP contribution in [-0.2, 0) is 9.57 Å². The first kappa shape index (κ1) is 9.93. The van der Waals surface area contributed by atoms with Gasteiger partial charge < -0.3 is 14.7 Å². The van der Waals surface area contributed by atoms with Crippen LogP contribution in [-0.4, -0.2) is 36.2 Å². The molecule has 2 aliphatic rings. The van der Waals surface area contributed by atoms with Crippen molar-refractivity contribution in [2.45, 2.75) is 38.4 Å². The van der Waals surface area contributed by atoms with E-state index in [0.717, 1.165) is 25.2 Å². The van der Waals surface area contributed by atoms with E-state index < -0.39 is 0 Å². The maximum atomic E-state index is 9.69. The number of rotatable bonds is 4. The first-order valence-corrected chi connectivity index (χ1v) is 5.32. The lowest BCUT2D eigenvalue weighted by molar-refractivity contribution is 0.0443. The van der Waals surface area contributed by atoms with Crippen LogP contribution in [0.25, 0.3) is 0 Å². The monoisotopic (exact) mass is 199 g/mol. The zero-order valence-electron chi connectivity index (χ0n) is 8.48. The molecule has 4 heteroatoms. The zero-order chi connectivity index (χ0) is 9.97. The molecule has 0 saturated heterocycles. The van der Waals surface area contributed by atoms with Crippen molar-refractivity contribution in [1.29, 1.82) is 0 Å². The zero-order valence-corrected chi connectivity index (χ0v) is 8.48. The highest BCUT2D eigenvalue weighted by Gasteiger charge is 2.43. The standard InChI is InChI=1S/C10H17NO3/c1-2-3-4-13-9-5-8(12)7-6-14-11-10(7)9/h7-9,12H,2-6H2,1H3/t7-,8+,9-/m1/s1. The number of oxime groups is 1. The molecule has 0 radical (unpaired) electrons. The van der Waals surface area contributed by atoms with Crippen molar-refractivity contribution < 1.29 is 14.7 Å². The van der Waals surface area contributed by atoms with Crippen LogP contribution >= 0.6 is 0 Å². The molecule has 80 valence electrons. The molecule has 0 spiro atoms. The van der Waals surface area contributed by atoms with E-state index in [0.29, 0.717) is 13.0 Å². The molecular weight excluding hydrogens is 182 g/mol. The molecule has 0 aromatic heterocycles. The van der Waals surface area contributed by atoms with Crippen LogP contribution in [0.15, 0.2) is 5.16 Å². The Balaban J connectivity index is 1.87. The molecule has 1 aliphatic heterocycles. The number of nitrogens with zero attached hydrogens (tertiary/aromatic N) is 1. The quantitative estimate of drug-likeness (QED) is 0.685. The largest absolute Gasteiger partial charge is 0.395 e. The number of fused-ring (bicyclic) bond motifs is 1. The average molecular weight is 199 g/mol. The van der Waals surface area contributed by atoms with Crippen molar-refractivity contribution in [3.05, 3.63) is 0 Å². The van der Waals surface area contributed by atoms with Crippen LogP contribution in [0.1, 0.15) is 26.2 Å². The van der Waals surface area contributed by atoms with E-state index in [9.17, 15) is 5.11 Å². The van der Waals surface area contributed by atoms with Gasteiger partial charge in [-0.05, 0) is 6.42 Å². The lowest BCUT2D eigenvalue weighted by atomic mass is 10.1. The van der Waals surface area contributed by atoms with Crippen LogP contribution in [0.3, 0.4) is 0 Å². The second-order valence-corrected chi connectivity index (χ2v) is 3.93. The van der Waals surface area contributed by atoms with Gasteiger partial charge in [0.15, 0.2) is 0 Å². The Hall–Kier alpha value is -0.610. The van der Waals surface area contributed by atoms with Crippen LogP contribution in [0.5, 0.6) is 0 Å². The highest BCUT2D eigenvalue weighted by molar-refractivity contribution is 5.94. The number of unbranched alkanes of at least 4 members (excludes halogenated alkanes) is 1. The van der Waals surface area contributed by atoms with Gasteiger partial charge in [0.2, 0.25) is 0 Å². The molecule has 1 aliphatic carbocycles. The smallest absolute Gasteiger partial charge is 0.127 e. The summed E-state index contributed by atoms with van der Waals surface area (Å²) in [5.41, 5.74) is 0.911. The van der Waals surface area contributed by atoms with Gasteiger partial charge in [-0.25, -0.2) is 0 Å². The molecule has 4 nitrogen and oxygen atoms in total. The molecule has 1 N–H and O–H groups in total. The van der Waals surface area contributed by atoms with Gasteiger partial charge in [0.25, 0.3) is 0 Å². The topological polar surface area (TPSA) is 51.0 Å². The molecule has 1 fully saturated rings. The number of aliphatic hydroxyl groups is 1. The van der Waals surface area contributed by atoms with Gasteiger partial charge in [0.05, 0.1) is 17.7 Å². The van der Waals surface area contributed by atoms with Crippen molar-refractivity contribution in [2.75, 3.05) is 13.2 Å². The molecule has 14 heavy (non-hydrogen) atoms. The Labute approximate surface area is 83.9 Å². The van der Waals surface area contributed by atoms with Crippen LogP contribution < -0.4 is 0 Å². The van der Waals surface area contributed by atoms with Crippen molar-refractivity contribution in [3.63, 3.8) is 0 Å². The molecule has 1 saturated carbocycles. The minimum Gasteiger partial charge on any atom is -0.395 e. The molecule has 0 bridgehead atoms. The molecule has 3 atom stereocenters. The predicted molar refractivity (Wildman–Crippen MR) is 52.1 cm³/mol. The van der Waals surface area contributed by atoms with Crippen LogP contribution in [0, 0.1) is 5.92 Å². The first-order valence-electron chi connectivity index (χ1n) is 5.32. The Morgan fingerprint density at radius 3 is 3.29 bits per heavy atom. The molecule has 2 rings (SSSR count). The van der Waals surface area contributed by atoms with Gasteiger partial charge in [-0.15, -0.1) is 0 Å². The molecule has 0 unspecified atom stereocenters. The summed E-state index contributed by atoms with van der Waals surface area (Å²) >= 11 is 0. The number of hydrogen-bond donors (Lipinski definition) is 1. The van der Waals surface area contributed by atoms with E-state index in [1.165, 1.54) is 0 Å². The van der Waals surface area contributed by atoms with Crippen LogP contribution in [0.2, 0.25) is 0 Å². The lowest BCUT2D eigenvalue weighted by Gasteiger charge is -2.10. The Morgan fingerprint density at radius 1 is 1.64 bits per heavy atom. The molecule has 0 amide bonds. The lowest BCUT2D eigenvalue weighted by Crippen LogP contribution is -2.22. The molecular formula is C10H17NO3. The summed E-state index contributed by atoms with van der Waals surface area (Å²) in [5.74, 6) is 0.0848. The maximum Gasteiger partial charge on any atom is 0.127 e. The van der Waals surface area contributed by atoms with Gasteiger partial charge in [-0.2, -0.15) is 0 Å². The Bertz CT molecular complexity index is 229. The van der Waals surface area contributed by atoms with Crippen molar-refractivity contribution in [2.24, 2.45) is 11.1 Å². The predicted octanol–water partition coefficient (Wildman–Crippen LogP) is 0.939. The van der Waals surface area contributed by atoms with Gasteiger partial charge >= 0.3 is 0 Å². The van der Waals surface area contributed by atoms with Gasteiger partial charge in [0, 0.05) is 13.0 Å². The van der Waals surface area contributed by atoms with E-state index in [4.69, 9.17) is 9.57 Å². The summed E-state index contributed by atoms with van der Waals surface area (Å²) in [6.45, 7) is 3.40. The fourth-order valence-electron chi connectivity index (χ4n) is 1.98. The van der Waals surface area contributed by atoms with Crippen LogP contribution in [0.4, 0.5) is 0 Å². The second-order valence-electron chi connectivity index (χ2n) is 3.93. The normalized spacial score (nSPS) is 35.3. The van der Waals surface area contributed by atoms with Gasteiger partial charge in [0.1, 0.15) is 12.7 Å². The van der Waals surface area contributed by atoms with Crippen molar-refractivity contribution in [3.8, 4) is 0 Å². The minimum atomic E-state index is -0.331. The molecule has 0 aromatic rings. The number of aliphatic hydroxyl groups excluding tert-OH is 1. The van der Waals surface area contributed by atoms with E-state index >= 15 is 0 Å². The highest BCUT2D eigenvalue weighted by Crippen LogP contribution is 2.30. The van der Waals surface area contributed by atoms with Crippen molar-refractivity contribution in [1.82, 2.24) is 0 Å². The Kier molecular flexibility index (Phi) is 3.03. The van der Waals surface area contributed by atoms with Gasteiger partial charge in [-0.3, -0.25) is 0 Å². The summed E-state index contributed by atoms with van der Waals surface area (Å²) in [6, 6.07) is 0. The molecule has 1 heterocycles. The third-order valence-corrected chi connectivity index (χ3v) is 2.87. The Morgan fingerprint density at radius 2 is 2.50 bits per heavy atom. The van der Waals surface area contributed by atoms with Crippen molar-refractivity contribution >= 4 is 5.71 Å². The fourth-order valence-corrected chi connectivity index (χ4v) is 1.98. The maximum absolute atomic E-state index is 9.69. The van der Waals surface area contributed by atoms with E-state index in [1.807, 2.05) is 0 Å². The summed E-state index contributed by atoms with van der Waals surface area (Å²) in [7, 11) is 0. The van der Waals surface area contributed by atoms with Gasteiger partial charge in [-0.1, -0.05) is 18.5 Å².